The Balaban J connectivity index is 2.21. The Kier molecular flexibility index (Phi) is 3.73. The number of methoxy groups -OCH3 is 1. The van der Waals surface area contributed by atoms with E-state index in [4.69, 9.17) is 21.1 Å². The second kappa shape index (κ2) is 5.12. The first kappa shape index (κ1) is 13.1. The van der Waals surface area contributed by atoms with E-state index >= 15 is 0 Å². The molecule has 0 amide bonds. The Bertz CT molecular complexity index is 465. The molecule has 1 aromatic rings. The van der Waals surface area contributed by atoms with Gasteiger partial charge in [0.1, 0.15) is 12.2 Å². The predicted octanol–water partition coefficient (Wildman–Crippen LogP) is 2.68. The summed E-state index contributed by atoms with van der Waals surface area (Å²) in [7, 11) is 1.56. The number of halogens is 1. The number of aryl methyl sites for hydroxylation is 1. The molecule has 6 heteroatoms. The van der Waals surface area contributed by atoms with Crippen molar-refractivity contribution in [3.63, 3.8) is 0 Å². The highest BCUT2D eigenvalue weighted by molar-refractivity contribution is 6.21. The molecule has 0 radical (unpaired) electrons. The van der Waals surface area contributed by atoms with Crippen molar-refractivity contribution in [1.82, 2.24) is 0 Å². The third kappa shape index (κ3) is 2.28. The molecule has 5 nitrogen and oxygen atoms in total. The van der Waals surface area contributed by atoms with Crippen LogP contribution < -0.4 is 4.74 Å². The molecule has 3 atom stereocenters. The zero-order valence-corrected chi connectivity index (χ0v) is 10.9. The van der Waals surface area contributed by atoms with Gasteiger partial charge in [0.25, 0.3) is 0 Å². The molecular weight excluding hydrogens is 258 g/mol. The van der Waals surface area contributed by atoms with Gasteiger partial charge in [0, 0.05) is 19.6 Å². The summed E-state index contributed by atoms with van der Waals surface area (Å²) in [5, 5.41) is 10.9. The standard InChI is InChI=1S/C12H14ClNO4/c1-7-4-3-5-9(14(15)16)11(7)18-10-6-8(13)12(10)17-2/h3-5,8,10,12H,6H2,1-2H3. The highest BCUT2D eigenvalue weighted by atomic mass is 35.5. The van der Waals surface area contributed by atoms with Gasteiger partial charge in [-0.2, -0.15) is 0 Å². The average Bonchev–Trinajstić information content (AvgIpc) is 2.30. The van der Waals surface area contributed by atoms with E-state index in [1.807, 2.05) is 0 Å². The van der Waals surface area contributed by atoms with E-state index in [2.05, 4.69) is 0 Å². The van der Waals surface area contributed by atoms with Crippen LogP contribution in [-0.4, -0.2) is 29.6 Å². The van der Waals surface area contributed by atoms with Crippen LogP contribution in [0.3, 0.4) is 0 Å². The Labute approximate surface area is 110 Å². The Morgan fingerprint density at radius 1 is 1.50 bits per heavy atom. The first-order chi connectivity index (χ1) is 8.54. The van der Waals surface area contributed by atoms with Crippen molar-refractivity contribution >= 4 is 17.3 Å². The third-order valence-electron chi connectivity index (χ3n) is 3.11. The summed E-state index contributed by atoms with van der Waals surface area (Å²) in [5.41, 5.74) is 0.708. The summed E-state index contributed by atoms with van der Waals surface area (Å²) in [4.78, 5) is 10.5. The average molecular weight is 272 g/mol. The minimum Gasteiger partial charge on any atom is -0.480 e. The van der Waals surface area contributed by atoms with E-state index in [9.17, 15) is 10.1 Å². The van der Waals surface area contributed by atoms with E-state index in [0.717, 1.165) is 5.56 Å². The van der Waals surface area contributed by atoms with Gasteiger partial charge < -0.3 is 9.47 Å². The summed E-state index contributed by atoms with van der Waals surface area (Å²) in [6.07, 6.45) is 0.189. The number of rotatable bonds is 4. The molecule has 98 valence electrons. The van der Waals surface area contributed by atoms with Crippen LogP contribution in [0.4, 0.5) is 5.69 Å². The number of hydrogen-bond donors (Lipinski definition) is 0. The van der Waals surface area contributed by atoms with Crippen LogP contribution in [0.1, 0.15) is 12.0 Å². The number of nitro benzene ring substituents is 1. The van der Waals surface area contributed by atoms with Crippen molar-refractivity contribution < 1.29 is 14.4 Å². The molecule has 3 unspecified atom stereocenters. The number of ether oxygens (including phenoxy) is 2. The number of alkyl halides is 1. The molecule has 0 N–H and O–H groups in total. The number of benzene rings is 1. The van der Waals surface area contributed by atoms with Crippen LogP contribution in [0.15, 0.2) is 18.2 Å². The lowest BCUT2D eigenvalue weighted by Crippen LogP contribution is -2.52. The van der Waals surface area contributed by atoms with Gasteiger partial charge in [0.15, 0.2) is 5.75 Å². The Morgan fingerprint density at radius 3 is 2.78 bits per heavy atom. The van der Waals surface area contributed by atoms with E-state index in [-0.39, 0.29) is 23.3 Å². The summed E-state index contributed by atoms with van der Waals surface area (Å²) >= 11 is 5.98. The van der Waals surface area contributed by atoms with Crippen molar-refractivity contribution in [2.24, 2.45) is 0 Å². The van der Waals surface area contributed by atoms with E-state index in [1.54, 1.807) is 26.2 Å². The van der Waals surface area contributed by atoms with Gasteiger partial charge in [-0.05, 0) is 12.5 Å². The maximum Gasteiger partial charge on any atom is 0.311 e. The third-order valence-corrected chi connectivity index (χ3v) is 3.54. The molecule has 0 aromatic heterocycles. The SMILES string of the molecule is COC1C(Cl)CC1Oc1c(C)cccc1[N+](=O)[O-]. The van der Waals surface area contributed by atoms with Crippen LogP contribution >= 0.6 is 11.6 Å². The van der Waals surface area contributed by atoms with Crippen molar-refractivity contribution in [2.75, 3.05) is 7.11 Å². The van der Waals surface area contributed by atoms with Crippen LogP contribution in [-0.2, 0) is 4.74 Å². The molecule has 1 fully saturated rings. The van der Waals surface area contributed by atoms with Gasteiger partial charge in [-0.15, -0.1) is 11.6 Å². The normalized spacial score (nSPS) is 26.5. The van der Waals surface area contributed by atoms with Crippen LogP contribution in [0.25, 0.3) is 0 Å². The quantitative estimate of drug-likeness (QED) is 0.480. The topological polar surface area (TPSA) is 61.6 Å². The van der Waals surface area contributed by atoms with Gasteiger partial charge in [-0.1, -0.05) is 12.1 Å². The fourth-order valence-electron chi connectivity index (χ4n) is 2.03. The lowest BCUT2D eigenvalue weighted by molar-refractivity contribution is -0.386. The molecule has 1 saturated carbocycles. The van der Waals surface area contributed by atoms with Gasteiger partial charge >= 0.3 is 5.69 Å². The van der Waals surface area contributed by atoms with Gasteiger partial charge in [0.05, 0.1) is 10.3 Å². The molecule has 0 spiro atoms. The molecule has 0 bridgehead atoms. The fourth-order valence-corrected chi connectivity index (χ4v) is 2.47. The molecule has 2 rings (SSSR count). The Hall–Kier alpha value is -1.33. The molecule has 0 heterocycles. The second-order valence-electron chi connectivity index (χ2n) is 4.29. The molecule has 1 aliphatic rings. The second-order valence-corrected chi connectivity index (χ2v) is 4.85. The zero-order valence-electron chi connectivity index (χ0n) is 10.1. The smallest absolute Gasteiger partial charge is 0.311 e. The molecule has 1 aromatic carbocycles. The molecule has 18 heavy (non-hydrogen) atoms. The van der Waals surface area contributed by atoms with Crippen molar-refractivity contribution in [1.29, 1.82) is 0 Å². The van der Waals surface area contributed by atoms with Crippen LogP contribution in [0, 0.1) is 17.0 Å². The van der Waals surface area contributed by atoms with Crippen LogP contribution in [0.2, 0.25) is 0 Å². The lowest BCUT2D eigenvalue weighted by Gasteiger charge is -2.39. The number of para-hydroxylation sites is 1. The zero-order chi connectivity index (χ0) is 13.3. The van der Waals surface area contributed by atoms with E-state index in [1.165, 1.54) is 6.07 Å². The highest BCUT2D eigenvalue weighted by Crippen LogP contribution is 2.37. The van der Waals surface area contributed by atoms with Crippen molar-refractivity contribution in [2.45, 2.75) is 30.9 Å². The first-order valence-corrected chi connectivity index (χ1v) is 6.05. The number of nitro groups is 1. The summed E-state index contributed by atoms with van der Waals surface area (Å²) in [6.45, 7) is 1.78. The largest absolute Gasteiger partial charge is 0.480 e. The molecule has 1 aliphatic carbocycles. The summed E-state index contributed by atoms with van der Waals surface area (Å²) in [5.74, 6) is 0.304. The maximum absolute atomic E-state index is 10.9. The van der Waals surface area contributed by atoms with Gasteiger partial charge in [-0.25, -0.2) is 0 Å². The predicted molar refractivity (Wildman–Crippen MR) is 67.3 cm³/mol. The molecule has 0 saturated heterocycles. The van der Waals surface area contributed by atoms with Crippen molar-refractivity contribution in [3.8, 4) is 5.75 Å². The minimum absolute atomic E-state index is 0.0251. The highest BCUT2D eigenvalue weighted by Gasteiger charge is 2.43. The fraction of sp³-hybridized carbons (Fsp3) is 0.500. The molecular formula is C12H14ClNO4. The van der Waals surface area contributed by atoms with Gasteiger partial charge in [0.2, 0.25) is 0 Å². The van der Waals surface area contributed by atoms with Crippen molar-refractivity contribution in [3.05, 3.63) is 33.9 Å². The van der Waals surface area contributed by atoms with E-state index < -0.39 is 4.92 Å². The summed E-state index contributed by atoms with van der Waals surface area (Å²) < 4.78 is 10.9. The Morgan fingerprint density at radius 2 is 2.22 bits per heavy atom. The number of hydrogen-bond acceptors (Lipinski definition) is 4. The summed E-state index contributed by atoms with van der Waals surface area (Å²) in [6, 6.07) is 4.85. The monoisotopic (exact) mass is 271 g/mol. The maximum atomic E-state index is 10.9. The van der Waals surface area contributed by atoms with E-state index in [0.29, 0.717) is 12.2 Å². The first-order valence-electron chi connectivity index (χ1n) is 5.62. The van der Waals surface area contributed by atoms with Gasteiger partial charge in [-0.3, -0.25) is 10.1 Å². The molecule has 0 aliphatic heterocycles. The minimum atomic E-state index is -0.443. The lowest BCUT2D eigenvalue weighted by atomic mass is 9.91. The number of nitrogens with zero attached hydrogens (tertiary/aromatic N) is 1. The van der Waals surface area contributed by atoms with Crippen LogP contribution in [0.5, 0.6) is 5.75 Å².